The number of hydrogen-bond donors (Lipinski definition) is 0. The summed E-state index contributed by atoms with van der Waals surface area (Å²) in [6.07, 6.45) is 2.21. The van der Waals surface area contributed by atoms with Gasteiger partial charge in [0.25, 0.3) is 0 Å². The highest BCUT2D eigenvalue weighted by Crippen LogP contribution is 2.28. The van der Waals surface area contributed by atoms with Crippen LogP contribution in [0.3, 0.4) is 0 Å². The SMILES string of the molecule is O=C(Oc1cccnc1Br)C1CCN(S(=O)(=O)c2ccc(F)c(Cl)c2)CC1. The van der Waals surface area contributed by atoms with E-state index in [1.54, 1.807) is 18.3 Å². The quantitative estimate of drug-likeness (QED) is 0.496. The summed E-state index contributed by atoms with van der Waals surface area (Å²) in [5.41, 5.74) is 0. The average Bonchev–Trinajstić information content (AvgIpc) is 2.65. The monoisotopic (exact) mass is 476 g/mol. The summed E-state index contributed by atoms with van der Waals surface area (Å²) in [5, 5.41) is -0.253. The van der Waals surface area contributed by atoms with Gasteiger partial charge in [-0.25, -0.2) is 17.8 Å². The third-order valence-corrected chi connectivity index (χ3v) is 7.03. The molecule has 0 amide bonds. The van der Waals surface area contributed by atoms with Gasteiger partial charge in [0.1, 0.15) is 10.4 Å². The molecule has 3 rings (SSSR count). The summed E-state index contributed by atoms with van der Waals surface area (Å²) in [5.74, 6) is -1.21. The Kier molecular flexibility index (Phi) is 6.15. The van der Waals surface area contributed by atoms with Crippen LogP contribution in [0.15, 0.2) is 46.0 Å². The van der Waals surface area contributed by atoms with E-state index >= 15 is 0 Å². The molecule has 144 valence electrons. The molecule has 1 fully saturated rings. The predicted octanol–water partition coefficient (Wildman–Crippen LogP) is 3.64. The fraction of sp³-hybridized carbons (Fsp3) is 0.294. The number of rotatable bonds is 4. The lowest BCUT2D eigenvalue weighted by molar-refractivity contribution is -0.140. The molecule has 0 unspecified atom stereocenters. The Bertz CT molecular complexity index is 965. The number of halogens is 3. The first-order valence-electron chi connectivity index (χ1n) is 8.06. The van der Waals surface area contributed by atoms with Crippen LogP contribution in [-0.2, 0) is 14.8 Å². The maximum absolute atomic E-state index is 13.3. The third-order valence-electron chi connectivity index (χ3n) is 4.25. The first-order valence-corrected chi connectivity index (χ1v) is 10.7. The Balaban J connectivity index is 1.65. The number of esters is 1. The maximum atomic E-state index is 13.3. The van der Waals surface area contributed by atoms with Crippen LogP contribution >= 0.6 is 27.5 Å². The summed E-state index contributed by atoms with van der Waals surface area (Å²) in [6, 6.07) is 6.55. The number of pyridine rings is 1. The van der Waals surface area contributed by atoms with Crippen molar-refractivity contribution < 1.29 is 22.3 Å². The second-order valence-electron chi connectivity index (χ2n) is 5.97. The molecule has 6 nitrogen and oxygen atoms in total. The van der Waals surface area contributed by atoms with Gasteiger partial charge in [-0.1, -0.05) is 11.6 Å². The zero-order valence-electron chi connectivity index (χ0n) is 13.9. The molecule has 1 aromatic heterocycles. The zero-order valence-corrected chi connectivity index (χ0v) is 17.1. The van der Waals surface area contributed by atoms with E-state index in [-0.39, 0.29) is 23.0 Å². The molecule has 0 N–H and O–H groups in total. The Morgan fingerprint density at radius 1 is 1.30 bits per heavy atom. The van der Waals surface area contributed by atoms with Gasteiger partial charge in [0.2, 0.25) is 10.0 Å². The van der Waals surface area contributed by atoms with Crippen LogP contribution in [0.1, 0.15) is 12.8 Å². The van der Waals surface area contributed by atoms with Crippen LogP contribution in [-0.4, -0.2) is 36.8 Å². The van der Waals surface area contributed by atoms with Crippen LogP contribution in [0.2, 0.25) is 5.02 Å². The van der Waals surface area contributed by atoms with Gasteiger partial charge < -0.3 is 4.74 Å². The van der Waals surface area contributed by atoms with E-state index < -0.39 is 27.7 Å². The molecule has 10 heteroatoms. The van der Waals surface area contributed by atoms with E-state index in [9.17, 15) is 17.6 Å². The number of nitrogens with zero attached hydrogens (tertiary/aromatic N) is 2. The Hall–Kier alpha value is -1.55. The van der Waals surface area contributed by atoms with Gasteiger partial charge in [0, 0.05) is 19.3 Å². The van der Waals surface area contributed by atoms with E-state index in [2.05, 4.69) is 20.9 Å². The molecule has 1 aliphatic rings. The molecule has 0 aliphatic carbocycles. The molecule has 0 spiro atoms. The van der Waals surface area contributed by atoms with Gasteiger partial charge in [-0.2, -0.15) is 4.31 Å². The highest BCUT2D eigenvalue weighted by atomic mass is 79.9. The van der Waals surface area contributed by atoms with E-state index in [1.807, 2.05) is 0 Å². The second-order valence-corrected chi connectivity index (χ2v) is 9.06. The number of carbonyl (C=O) groups excluding carboxylic acids is 1. The summed E-state index contributed by atoms with van der Waals surface area (Å²) in [6.45, 7) is 0.316. The lowest BCUT2D eigenvalue weighted by Gasteiger charge is -2.30. The smallest absolute Gasteiger partial charge is 0.314 e. The molecule has 0 atom stereocenters. The molecular weight excluding hydrogens is 463 g/mol. The zero-order chi connectivity index (χ0) is 19.6. The number of carbonyl (C=O) groups is 1. The van der Waals surface area contributed by atoms with Gasteiger partial charge >= 0.3 is 5.97 Å². The van der Waals surface area contributed by atoms with Crippen LogP contribution in [0.25, 0.3) is 0 Å². The van der Waals surface area contributed by atoms with Crippen LogP contribution in [0, 0.1) is 11.7 Å². The first kappa shape index (κ1) is 20.2. The van der Waals surface area contributed by atoms with Crippen LogP contribution < -0.4 is 4.74 Å². The Morgan fingerprint density at radius 2 is 2.00 bits per heavy atom. The van der Waals surface area contributed by atoms with E-state index in [4.69, 9.17) is 16.3 Å². The van der Waals surface area contributed by atoms with Crippen molar-refractivity contribution in [1.82, 2.24) is 9.29 Å². The van der Waals surface area contributed by atoms with Crippen molar-refractivity contribution in [3.8, 4) is 5.75 Å². The van der Waals surface area contributed by atoms with Crippen molar-refractivity contribution in [2.24, 2.45) is 5.92 Å². The first-order chi connectivity index (χ1) is 12.8. The van der Waals surface area contributed by atoms with E-state index in [1.165, 1.54) is 10.4 Å². The fourth-order valence-electron chi connectivity index (χ4n) is 2.76. The van der Waals surface area contributed by atoms with Gasteiger partial charge in [0.15, 0.2) is 5.75 Å². The minimum atomic E-state index is -3.80. The topological polar surface area (TPSA) is 76.6 Å². The lowest BCUT2D eigenvalue weighted by Crippen LogP contribution is -2.41. The minimum Gasteiger partial charge on any atom is -0.423 e. The van der Waals surface area contributed by atoms with Gasteiger partial charge in [-0.05, 0) is 59.1 Å². The second kappa shape index (κ2) is 8.22. The molecule has 1 aliphatic heterocycles. The summed E-state index contributed by atoms with van der Waals surface area (Å²) in [4.78, 5) is 16.2. The summed E-state index contributed by atoms with van der Waals surface area (Å²) < 4.78 is 45.7. The maximum Gasteiger partial charge on any atom is 0.314 e. The highest BCUT2D eigenvalue weighted by Gasteiger charge is 2.33. The molecule has 2 heterocycles. The van der Waals surface area contributed by atoms with Gasteiger partial charge in [-0.3, -0.25) is 4.79 Å². The number of sulfonamides is 1. The van der Waals surface area contributed by atoms with Crippen molar-refractivity contribution in [2.75, 3.05) is 13.1 Å². The number of aromatic nitrogens is 1. The standard InChI is InChI=1S/C17H15BrClFN2O4S/c18-16-15(2-1-7-21-16)26-17(23)11-5-8-22(9-6-11)27(24,25)12-3-4-14(20)13(19)10-12/h1-4,7,10-11H,5-6,8-9H2. The van der Waals surface area contributed by atoms with Crippen molar-refractivity contribution in [2.45, 2.75) is 17.7 Å². The Morgan fingerprint density at radius 3 is 2.63 bits per heavy atom. The number of hydrogen-bond acceptors (Lipinski definition) is 5. The van der Waals surface area contributed by atoms with Crippen LogP contribution in [0.5, 0.6) is 5.75 Å². The highest BCUT2D eigenvalue weighted by molar-refractivity contribution is 9.10. The van der Waals surface area contributed by atoms with Crippen molar-refractivity contribution in [3.63, 3.8) is 0 Å². The van der Waals surface area contributed by atoms with E-state index in [0.29, 0.717) is 23.2 Å². The summed E-state index contributed by atoms with van der Waals surface area (Å²) >= 11 is 8.89. The normalized spacial score (nSPS) is 16.3. The molecular formula is C17H15BrClFN2O4S. The summed E-state index contributed by atoms with van der Waals surface area (Å²) in [7, 11) is -3.80. The average molecular weight is 478 g/mol. The number of benzene rings is 1. The fourth-order valence-corrected chi connectivity index (χ4v) is 4.83. The van der Waals surface area contributed by atoms with Crippen molar-refractivity contribution in [1.29, 1.82) is 0 Å². The van der Waals surface area contributed by atoms with Gasteiger partial charge in [0.05, 0.1) is 15.8 Å². The molecule has 27 heavy (non-hydrogen) atoms. The minimum absolute atomic E-state index is 0.0748. The molecule has 0 bridgehead atoms. The van der Waals surface area contributed by atoms with Crippen molar-refractivity contribution >= 4 is 43.5 Å². The van der Waals surface area contributed by atoms with E-state index in [0.717, 1.165) is 12.1 Å². The van der Waals surface area contributed by atoms with Crippen molar-refractivity contribution in [3.05, 3.63) is 52.0 Å². The predicted molar refractivity (Wildman–Crippen MR) is 100 cm³/mol. The number of ether oxygens (including phenoxy) is 1. The lowest BCUT2D eigenvalue weighted by atomic mass is 9.98. The molecule has 1 saturated heterocycles. The molecule has 2 aromatic rings. The Labute approximate surface area is 169 Å². The number of piperidine rings is 1. The molecule has 1 aromatic carbocycles. The molecule has 0 saturated carbocycles. The molecule has 0 radical (unpaired) electrons. The third kappa shape index (κ3) is 4.48. The van der Waals surface area contributed by atoms with Crippen LogP contribution in [0.4, 0.5) is 4.39 Å². The van der Waals surface area contributed by atoms with Gasteiger partial charge in [-0.15, -0.1) is 0 Å². The largest absolute Gasteiger partial charge is 0.423 e.